The maximum Gasteiger partial charge on any atom is 0.273 e. The molecule has 0 aliphatic rings. The molecule has 2 rings (SSSR count). The van der Waals surface area contributed by atoms with Crippen LogP contribution in [-0.2, 0) is 0 Å². The van der Waals surface area contributed by atoms with Crippen LogP contribution in [0.25, 0.3) is 0 Å². The Balaban J connectivity index is 2.23. The summed E-state index contributed by atoms with van der Waals surface area (Å²) in [5.74, 6) is 0.673. The van der Waals surface area contributed by atoms with Crippen molar-refractivity contribution >= 4 is 11.8 Å². The number of carbonyl (C=O) groups excluding carboxylic acids is 2. The summed E-state index contributed by atoms with van der Waals surface area (Å²) >= 11 is 0. The topological polar surface area (TPSA) is 95.1 Å². The standard InChI is InChI=1S/C20H24N2O6/c1-11-7-17(27-5)13(9-15(11)25-3)19(23)21-22-20(24)14-10-16(26-4)12(2)8-18(14)28-6/h7-10H,1-6H3,(H,21,23)(H,22,24). The minimum Gasteiger partial charge on any atom is -0.496 e. The summed E-state index contributed by atoms with van der Waals surface area (Å²) in [6.45, 7) is 3.67. The molecule has 0 bridgehead atoms. The van der Waals surface area contributed by atoms with Crippen LogP contribution in [0.1, 0.15) is 31.8 Å². The van der Waals surface area contributed by atoms with Crippen LogP contribution >= 0.6 is 0 Å². The van der Waals surface area contributed by atoms with Crippen LogP contribution in [0.4, 0.5) is 0 Å². The van der Waals surface area contributed by atoms with E-state index in [1.165, 1.54) is 28.4 Å². The second-order valence-electron chi connectivity index (χ2n) is 5.95. The van der Waals surface area contributed by atoms with Crippen LogP contribution in [0.5, 0.6) is 23.0 Å². The maximum atomic E-state index is 12.6. The first kappa shape index (κ1) is 20.9. The molecule has 0 radical (unpaired) electrons. The molecule has 0 atom stereocenters. The average molecular weight is 388 g/mol. The van der Waals surface area contributed by atoms with Crippen LogP contribution in [0.3, 0.4) is 0 Å². The van der Waals surface area contributed by atoms with E-state index in [9.17, 15) is 9.59 Å². The van der Waals surface area contributed by atoms with Crippen molar-refractivity contribution in [2.75, 3.05) is 28.4 Å². The van der Waals surface area contributed by atoms with Crippen LogP contribution in [0.2, 0.25) is 0 Å². The van der Waals surface area contributed by atoms with E-state index in [0.717, 1.165) is 11.1 Å². The van der Waals surface area contributed by atoms with Gasteiger partial charge in [-0.1, -0.05) is 0 Å². The third-order valence-electron chi connectivity index (χ3n) is 4.21. The monoisotopic (exact) mass is 388 g/mol. The van der Waals surface area contributed by atoms with E-state index in [1.807, 2.05) is 13.8 Å². The SMILES string of the molecule is COc1cc(C(=O)NNC(=O)c2cc(OC)c(C)cc2OC)c(OC)cc1C. The Morgan fingerprint density at radius 2 is 0.929 bits per heavy atom. The highest BCUT2D eigenvalue weighted by atomic mass is 16.5. The molecule has 0 spiro atoms. The van der Waals surface area contributed by atoms with E-state index in [0.29, 0.717) is 23.0 Å². The molecular weight excluding hydrogens is 364 g/mol. The number of aryl methyl sites for hydroxylation is 2. The second-order valence-corrected chi connectivity index (χ2v) is 5.95. The normalized spacial score (nSPS) is 10.1. The van der Waals surface area contributed by atoms with Crippen molar-refractivity contribution in [3.8, 4) is 23.0 Å². The number of nitrogens with one attached hydrogen (secondary N) is 2. The highest BCUT2D eigenvalue weighted by Crippen LogP contribution is 2.29. The van der Waals surface area contributed by atoms with Crippen molar-refractivity contribution in [1.29, 1.82) is 0 Å². The highest BCUT2D eigenvalue weighted by molar-refractivity contribution is 6.02. The number of hydrogen-bond acceptors (Lipinski definition) is 6. The molecule has 0 saturated carbocycles. The molecule has 2 aromatic rings. The van der Waals surface area contributed by atoms with E-state index >= 15 is 0 Å². The summed E-state index contributed by atoms with van der Waals surface area (Å²) in [7, 11) is 5.94. The molecule has 0 fully saturated rings. The summed E-state index contributed by atoms with van der Waals surface area (Å²) in [5, 5.41) is 0. The molecule has 0 heterocycles. The largest absolute Gasteiger partial charge is 0.496 e. The molecule has 150 valence electrons. The number of hydrazine groups is 1. The predicted octanol–water partition coefficient (Wildman–Crippen LogP) is 2.41. The van der Waals surface area contributed by atoms with Gasteiger partial charge in [0.15, 0.2) is 0 Å². The fraction of sp³-hybridized carbons (Fsp3) is 0.300. The number of methoxy groups -OCH3 is 4. The Kier molecular flexibility index (Phi) is 6.70. The van der Waals surface area contributed by atoms with Crippen LogP contribution in [-0.4, -0.2) is 40.3 Å². The van der Waals surface area contributed by atoms with Crippen LogP contribution < -0.4 is 29.8 Å². The van der Waals surface area contributed by atoms with Gasteiger partial charge in [-0.05, 0) is 49.2 Å². The van der Waals surface area contributed by atoms with Crippen LogP contribution in [0, 0.1) is 13.8 Å². The zero-order valence-electron chi connectivity index (χ0n) is 16.8. The van der Waals surface area contributed by atoms with Crippen LogP contribution in [0.15, 0.2) is 24.3 Å². The Labute approximate surface area is 163 Å². The van der Waals surface area contributed by atoms with Gasteiger partial charge in [0.05, 0.1) is 39.6 Å². The summed E-state index contributed by atoms with van der Waals surface area (Å²) in [6.07, 6.45) is 0. The van der Waals surface area contributed by atoms with Crippen molar-refractivity contribution in [3.05, 3.63) is 46.5 Å². The molecule has 28 heavy (non-hydrogen) atoms. The Morgan fingerprint density at radius 3 is 1.21 bits per heavy atom. The summed E-state index contributed by atoms with van der Waals surface area (Å²) in [4.78, 5) is 25.1. The van der Waals surface area contributed by atoms with Crippen molar-refractivity contribution < 1.29 is 28.5 Å². The van der Waals surface area contributed by atoms with E-state index in [1.54, 1.807) is 24.3 Å². The van der Waals surface area contributed by atoms with Gasteiger partial charge >= 0.3 is 0 Å². The highest BCUT2D eigenvalue weighted by Gasteiger charge is 2.19. The number of carbonyl (C=O) groups is 2. The zero-order valence-corrected chi connectivity index (χ0v) is 16.8. The minimum atomic E-state index is -0.554. The minimum absolute atomic E-state index is 0.221. The number of ether oxygens (including phenoxy) is 4. The van der Waals surface area contributed by atoms with Gasteiger partial charge in [-0.3, -0.25) is 20.4 Å². The second kappa shape index (κ2) is 8.98. The number of benzene rings is 2. The lowest BCUT2D eigenvalue weighted by Gasteiger charge is -2.15. The molecule has 0 unspecified atom stereocenters. The van der Waals surface area contributed by atoms with Gasteiger partial charge in [-0.2, -0.15) is 0 Å². The maximum absolute atomic E-state index is 12.6. The molecule has 2 N–H and O–H groups in total. The van der Waals surface area contributed by atoms with Crippen molar-refractivity contribution in [3.63, 3.8) is 0 Å². The van der Waals surface area contributed by atoms with Gasteiger partial charge in [0.25, 0.3) is 11.8 Å². The molecule has 8 heteroatoms. The molecule has 0 aliphatic heterocycles. The quantitative estimate of drug-likeness (QED) is 0.738. The Morgan fingerprint density at radius 1 is 0.607 bits per heavy atom. The van der Waals surface area contributed by atoms with E-state index < -0.39 is 11.8 Å². The van der Waals surface area contributed by atoms with Gasteiger partial charge < -0.3 is 18.9 Å². The fourth-order valence-corrected chi connectivity index (χ4v) is 2.70. The molecule has 0 aromatic heterocycles. The van der Waals surface area contributed by atoms with Crippen molar-refractivity contribution in [1.82, 2.24) is 10.9 Å². The lowest BCUT2D eigenvalue weighted by Crippen LogP contribution is -2.41. The number of amides is 2. The van der Waals surface area contributed by atoms with Gasteiger partial charge in [-0.25, -0.2) is 0 Å². The Hall–Kier alpha value is -3.42. The summed E-state index contributed by atoms with van der Waals surface area (Å²) < 4.78 is 21.0. The summed E-state index contributed by atoms with van der Waals surface area (Å²) in [6, 6.07) is 6.46. The van der Waals surface area contributed by atoms with Gasteiger partial charge in [0.1, 0.15) is 23.0 Å². The smallest absolute Gasteiger partial charge is 0.273 e. The first-order valence-electron chi connectivity index (χ1n) is 8.42. The number of hydrogen-bond donors (Lipinski definition) is 2. The predicted molar refractivity (Wildman–Crippen MR) is 103 cm³/mol. The Bertz CT molecular complexity index is 821. The first-order chi connectivity index (χ1) is 13.4. The number of rotatable bonds is 6. The van der Waals surface area contributed by atoms with Gasteiger partial charge in [0.2, 0.25) is 0 Å². The molecule has 8 nitrogen and oxygen atoms in total. The molecule has 0 aliphatic carbocycles. The van der Waals surface area contributed by atoms with Crippen molar-refractivity contribution in [2.45, 2.75) is 13.8 Å². The molecular formula is C20H24N2O6. The fourth-order valence-electron chi connectivity index (χ4n) is 2.70. The van der Waals surface area contributed by atoms with E-state index in [4.69, 9.17) is 18.9 Å². The van der Waals surface area contributed by atoms with Gasteiger partial charge in [-0.15, -0.1) is 0 Å². The third-order valence-corrected chi connectivity index (χ3v) is 4.21. The summed E-state index contributed by atoms with van der Waals surface area (Å²) in [5.41, 5.74) is 6.83. The molecule has 0 saturated heterocycles. The third kappa shape index (κ3) is 4.28. The average Bonchev–Trinajstić information content (AvgIpc) is 2.70. The first-order valence-corrected chi connectivity index (χ1v) is 8.42. The zero-order chi connectivity index (χ0) is 20.8. The van der Waals surface area contributed by atoms with E-state index in [-0.39, 0.29) is 11.1 Å². The molecule has 2 amide bonds. The van der Waals surface area contributed by atoms with Gasteiger partial charge in [0, 0.05) is 0 Å². The molecule has 2 aromatic carbocycles. The lowest BCUT2D eigenvalue weighted by atomic mass is 10.1. The van der Waals surface area contributed by atoms with E-state index in [2.05, 4.69) is 10.9 Å². The van der Waals surface area contributed by atoms with Crippen molar-refractivity contribution in [2.24, 2.45) is 0 Å². The lowest BCUT2D eigenvalue weighted by molar-refractivity contribution is 0.0843.